The first-order chi connectivity index (χ1) is 15.5. The summed E-state index contributed by atoms with van der Waals surface area (Å²) in [7, 11) is 0. The average molecular weight is 467 g/mol. The summed E-state index contributed by atoms with van der Waals surface area (Å²) in [5, 5.41) is 6.52. The van der Waals surface area contributed by atoms with Crippen LogP contribution in [0.5, 0.6) is 5.75 Å². The summed E-state index contributed by atoms with van der Waals surface area (Å²) >= 11 is 12.2. The van der Waals surface area contributed by atoms with Crippen molar-refractivity contribution in [3.63, 3.8) is 0 Å². The molecule has 32 heavy (non-hydrogen) atoms. The largest absolute Gasteiger partial charge is 0.488 e. The van der Waals surface area contributed by atoms with E-state index < -0.39 is 0 Å². The molecule has 2 amide bonds. The van der Waals surface area contributed by atoms with Gasteiger partial charge in [0.25, 0.3) is 11.8 Å². The van der Waals surface area contributed by atoms with Gasteiger partial charge in [0.05, 0.1) is 18.1 Å². The number of amides is 2. The van der Waals surface area contributed by atoms with Crippen LogP contribution >= 0.6 is 23.2 Å². The molecule has 2 saturated carbocycles. The molecule has 3 fully saturated rings. The van der Waals surface area contributed by atoms with E-state index >= 15 is 0 Å². The van der Waals surface area contributed by atoms with Gasteiger partial charge in [-0.3, -0.25) is 9.59 Å². The number of ether oxygens (including phenoxy) is 1. The second-order valence-electron chi connectivity index (χ2n) is 8.99. The van der Waals surface area contributed by atoms with Crippen molar-refractivity contribution in [1.29, 1.82) is 0 Å². The highest BCUT2D eigenvalue weighted by atomic mass is 35.5. The van der Waals surface area contributed by atoms with Gasteiger partial charge in [0.1, 0.15) is 12.4 Å². The molecular weight excluding hydrogens is 447 g/mol. The molecule has 0 spiro atoms. The van der Waals surface area contributed by atoms with E-state index in [1.165, 1.54) is 6.21 Å². The summed E-state index contributed by atoms with van der Waals surface area (Å²) in [6.45, 7) is 0.312. The third-order valence-electron chi connectivity index (χ3n) is 7.21. The molecule has 2 aromatic rings. The lowest BCUT2D eigenvalue weighted by molar-refractivity contribution is -0.140. The molecule has 0 aromatic heterocycles. The lowest BCUT2D eigenvalue weighted by Gasteiger charge is -2.37. The molecule has 0 radical (unpaired) electrons. The van der Waals surface area contributed by atoms with Crippen molar-refractivity contribution in [2.45, 2.75) is 13.0 Å². The molecular formula is C25H20Cl2N2O3. The summed E-state index contributed by atoms with van der Waals surface area (Å²) in [5.74, 6) is 1.11. The minimum absolute atomic E-state index is 0.175. The Labute approximate surface area is 195 Å². The maximum absolute atomic E-state index is 13.1. The van der Waals surface area contributed by atoms with Crippen LogP contribution in [0.2, 0.25) is 10.0 Å². The summed E-state index contributed by atoms with van der Waals surface area (Å²) < 4.78 is 5.95. The lowest BCUT2D eigenvalue weighted by Crippen LogP contribution is -2.40. The summed E-state index contributed by atoms with van der Waals surface area (Å²) in [6.07, 6.45) is 6.92. The standard InChI is InChI=1S/C25H20Cl2N2O3/c26-15-3-1-2-13(8-15)12-32-21-7-4-16(27)9-14(21)11-28-29-24(30)22-17-5-6-18(20-10-19(17)20)23(22)25(29)31/h1-9,11,17-20,22-23H,10,12H2/b28-11-/t17-,18-,19-,20-,22+,23+/m1/s1. The molecule has 2 aromatic carbocycles. The highest BCUT2D eigenvalue weighted by molar-refractivity contribution is 6.31. The molecule has 0 unspecified atom stereocenters. The smallest absolute Gasteiger partial charge is 0.254 e. The molecule has 1 aliphatic heterocycles. The van der Waals surface area contributed by atoms with Gasteiger partial charge in [0.15, 0.2) is 0 Å². The second-order valence-corrected chi connectivity index (χ2v) is 9.86. The van der Waals surface area contributed by atoms with Crippen LogP contribution in [0.4, 0.5) is 0 Å². The van der Waals surface area contributed by atoms with Crippen molar-refractivity contribution in [3.8, 4) is 5.75 Å². The zero-order valence-electron chi connectivity index (χ0n) is 17.0. The first kappa shape index (κ1) is 20.0. The van der Waals surface area contributed by atoms with E-state index in [1.807, 2.05) is 18.2 Å². The van der Waals surface area contributed by atoms with Gasteiger partial charge in [0.2, 0.25) is 0 Å². The van der Waals surface area contributed by atoms with E-state index in [-0.39, 0.29) is 35.5 Å². The SMILES string of the molecule is O=C1[C@H]2[C@@H]3C=C[C@H]([C@H]4C[C@H]34)[C@@H]2C(=O)N1/N=C\c1cc(Cl)ccc1OCc1cccc(Cl)c1. The Kier molecular flexibility index (Phi) is 4.67. The zero-order valence-corrected chi connectivity index (χ0v) is 18.5. The first-order valence-corrected chi connectivity index (χ1v) is 11.5. The summed E-state index contributed by atoms with van der Waals surface area (Å²) in [6, 6.07) is 12.6. The summed E-state index contributed by atoms with van der Waals surface area (Å²) in [4.78, 5) is 26.2. The van der Waals surface area contributed by atoms with Gasteiger partial charge in [0, 0.05) is 15.6 Å². The number of imide groups is 1. The molecule has 7 rings (SSSR count). The fourth-order valence-electron chi connectivity index (χ4n) is 5.71. The monoisotopic (exact) mass is 466 g/mol. The number of allylic oxidation sites excluding steroid dienone is 2. The molecule has 4 aliphatic carbocycles. The zero-order chi connectivity index (χ0) is 22.0. The van der Waals surface area contributed by atoms with Gasteiger partial charge in [-0.25, -0.2) is 0 Å². The van der Waals surface area contributed by atoms with Crippen LogP contribution in [0.1, 0.15) is 17.5 Å². The number of halogens is 2. The number of hydrogen-bond acceptors (Lipinski definition) is 4. The number of carbonyl (C=O) groups excluding carboxylic acids is 2. The molecule has 2 bridgehead atoms. The van der Waals surface area contributed by atoms with Crippen molar-refractivity contribution < 1.29 is 14.3 Å². The normalized spacial score (nSPS) is 31.9. The number of nitrogens with zero attached hydrogens (tertiary/aromatic N) is 2. The highest BCUT2D eigenvalue weighted by Crippen LogP contribution is 2.65. The fraction of sp³-hybridized carbons (Fsp3) is 0.320. The Morgan fingerprint density at radius 1 is 0.969 bits per heavy atom. The molecule has 6 atom stereocenters. The van der Waals surface area contributed by atoms with Crippen LogP contribution in [0, 0.1) is 35.5 Å². The van der Waals surface area contributed by atoms with E-state index in [4.69, 9.17) is 27.9 Å². The molecule has 1 saturated heterocycles. The van der Waals surface area contributed by atoms with Crippen molar-refractivity contribution in [3.05, 3.63) is 75.8 Å². The third kappa shape index (κ3) is 3.18. The Balaban J connectivity index is 1.23. The maximum Gasteiger partial charge on any atom is 0.254 e. The van der Waals surface area contributed by atoms with E-state index in [2.05, 4.69) is 17.3 Å². The Hall–Kier alpha value is -2.63. The predicted octanol–water partition coefficient (Wildman–Crippen LogP) is 4.96. The topological polar surface area (TPSA) is 59.0 Å². The minimum atomic E-state index is -0.267. The van der Waals surface area contributed by atoms with E-state index in [0.29, 0.717) is 39.8 Å². The molecule has 1 heterocycles. The minimum Gasteiger partial charge on any atom is -0.488 e. The van der Waals surface area contributed by atoms with Crippen molar-refractivity contribution >= 4 is 41.2 Å². The van der Waals surface area contributed by atoms with Crippen LogP contribution in [0.25, 0.3) is 0 Å². The summed E-state index contributed by atoms with van der Waals surface area (Å²) in [5.41, 5.74) is 1.52. The predicted molar refractivity (Wildman–Crippen MR) is 121 cm³/mol. The van der Waals surface area contributed by atoms with Gasteiger partial charge in [-0.1, -0.05) is 47.5 Å². The number of rotatable bonds is 5. The van der Waals surface area contributed by atoms with E-state index in [0.717, 1.165) is 17.0 Å². The quantitative estimate of drug-likeness (QED) is 0.355. The van der Waals surface area contributed by atoms with Crippen LogP contribution in [0.3, 0.4) is 0 Å². The van der Waals surface area contributed by atoms with Gasteiger partial charge in [-0.2, -0.15) is 10.1 Å². The molecule has 162 valence electrons. The Morgan fingerprint density at radius 3 is 2.34 bits per heavy atom. The van der Waals surface area contributed by atoms with Crippen molar-refractivity contribution in [2.75, 3.05) is 0 Å². The van der Waals surface area contributed by atoms with Gasteiger partial charge < -0.3 is 4.74 Å². The van der Waals surface area contributed by atoms with Gasteiger partial charge in [-0.05, 0) is 66.0 Å². The maximum atomic E-state index is 13.1. The van der Waals surface area contributed by atoms with Crippen LogP contribution in [-0.2, 0) is 16.2 Å². The Morgan fingerprint density at radius 2 is 1.66 bits per heavy atom. The number of hydrogen-bond donors (Lipinski definition) is 0. The molecule has 0 N–H and O–H groups in total. The fourth-order valence-corrected chi connectivity index (χ4v) is 6.11. The number of hydrazone groups is 1. The Bertz CT molecular complexity index is 1160. The van der Waals surface area contributed by atoms with Crippen molar-refractivity contribution in [2.24, 2.45) is 40.6 Å². The van der Waals surface area contributed by atoms with Gasteiger partial charge in [-0.15, -0.1) is 0 Å². The average Bonchev–Trinajstić information content (AvgIpc) is 3.56. The van der Waals surface area contributed by atoms with E-state index in [9.17, 15) is 9.59 Å². The first-order valence-electron chi connectivity index (χ1n) is 10.8. The highest BCUT2D eigenvalue weighted by Gasteiger charge is 2.67. The lowest BCUT2D eigenvalue weighted by atomic mass is 9.63. The number of carbonyl (C=O) groups is 2. The number of benzene rings is 2. The van der Waals surface area contributed by atoms with E-state index in [1.54, 1.807) is 24.3 Å². The molecule has 7 heteroatoms. The molecule has 5 aliphatic rings. The molecule has 5 nitrogen and oxygen atoms in total. The van der Waals surface area contributed by atoms with Gasteiger partial charge >= 0.3 is 0 Å². The van der Waals surface area contributed by atoms with Crippen LogP contribution in [-0.4, -0.2) is 23.0 Å². The van der Waals surface area contributed by atoms with Crippen molar-refractivity contribution in [1.82, 2.24) is 5.01 Å². The second kappa shape index (κ2) is 7.46. The van der Waals surface area contributed by atoms with Crippen LogP contribution in [0.15, 0.2) is 59.7 Å². The van der Waals surface area contributed by atoms with Crippen LogP contribution < -0.4 is 4.74 Å². The third-order valence-corrected chi connectivity index (χ3v) is 7.68.